The molecule has 0 spiro atoms. The molecule has 1 heterocycles. The molecule has 1 rings (SSSR count). The first-order valence-corrected chi connectivity index (χ1v) is 3.44. The summed E-state index contributed by atoms with van der Waals surface area (Å²) in [5, 5.41) is 0. The van der Waals surface area contributed by atoms with Gasteiger partial charge in [-0.15, -0.1) is 0 Å². The highest BCUT2D eigenvalue weighted by Crippen LogP contribution is 2.22. The first-order valence-electron chi connectivity index (χ1n) is 3.44. The molecule has 0 radical (unpaired) electrons. The van der Waals surface area contributed by atoms with Crippen molar-refractivity contribution in [2.24, 2.45) is 5.92 Å². The Kier molecular flexibility index (Phi) is 1.74. The summed E-state index contributed by atoms with van der Waals surface area (Å²) < 4.78 is 4.93. The van der Waals surface area contributed by atoms with Gasteiger partial charge in [0.05, 0.1) is 12.0 Å². The van der Waals surface area contributed by atoms with Crippen molar-refractivity contribution in [3.8, 4) is 0 Å². The maximum Gasteiger partial charge on any atom is 0.309 e. The molecule has 2 heteroatoms. The van der Waals surface area contributed by atoms with Gasteiger partial charge in [0.25, 0.3) is 0 Å². The minimum absolute atomic E-state index is 0.00926. The van der Waals surface area contributed by atoms with E-state index in [1.165, 1.54) is 0 Å². The minimum Gasteiger partial charge on any atom is -0.462 e. The van der Waals surface area contributed by atoms with E-state index in [0.717, 1.165) is 12.8 Å². The Morgan fingerprint density at radius 3 is 2.67 bits per heavy atom. The van der Waals surface area contributed by atoms with Crippen molar-refractivity contribution in [3.05, 3.63) is 0 Å². The number of ether oxygens (including phenoxy) is 1. The molecule has 0 bridgehead atoms. The second kappa shape index (κ2) is 2.38. The summed E-state index contributed by atoms with van der Waals surface area (Å²) in [5.74, 6) is 0.171. The molecule has 9 heavy (non-hydrogen) atoms. The van der Waals surface area contributed by atoms with Crippen LogP contribution in [-0.4, -0.2) is 12.1 Å². The Hall–Kier alpha value is -0.530. The third-order valence-corrected chi connectivity index (χ3v) is 1.76. The van der Waals surface area contributed by atoms with Crippen LogP contribution in [0.25, 0.3) is 0 Å². The second-order valence-electron chi connectivity index (χ2n) is 2.59. The molecule has 52 valence electrons. The number of esters is 1. The van der Waals surface area contributed by atoms with Crippen LogP contribution in [0.15, 0.2) is 0 Å². The molecule has 1 saturated heterocycles. The van der Waals surface area contributed by atoms with Crippen LogP contribution in [0.1, 0.15) is 26.7 Å². The fourth-order valence-corrected chi connectivity index (χ4v) is 1.17. The molecular weight excluding hydrogens is 116 g/mol. The SMILES string of the molecule is CC[C@H]1C[C@@H](C)OC1=O. The molecule has 0 amide bonds. The lowest BCUT2D eigenvalue weighted by Gasteiger charge is -1.95. The highest BCUT2D eigenvalue weighted by molar-refractivity contribution is 5.74. The largest absolute Gasteiger partial charge is 0.462 e. The smallest absolute Gasteiger partial charge is 0.309 e. The summed E-state index contributed by atoms with van der Waals surface area (Å²) in [5.41, 5.74) is 0. The number of carbonyl (C=O) groups is 1. The van der Waals surface area contributed by atoms with Gasteiger partial charge in [-0.2, -0.15) is 0 Å². The standard InChI is InChI=1S/C7H12O2/c1-3-6-4-5(2)9-7(6)8/h5-6H,3-4H2,1-2H3/t5-,6+/m1/s1. The molecule has 1 fully saturated rings. The summed E-state index contributed by atoms with van der Waals surface area (Å²) in [6.45, 7) is 3.96. The molecule has 0 aromatic rings. The summed E-state index contributed by atoms with van der Waals surface area (Å²) in [4.78, 5) is 10.8. The van der Waals surface area contributed by atoms with Crippen molar-refractivity contribution >= 4 is 5.97 Å². The van der Waals surface area contributed by atoms with Crippen LogP contribution < -0.4 is 0 Å². The lowest BCUT2D eigenvalue weighted by atomic mass is 10.0. The fourth-order valence-electron chi connectivity index (χ4n) is 1.17. The van der Waals surface area contributed by atoms with Gasteiger partial charge >= 0.3 is 5.97 Å². The highest BCUT2D eigenvalue weighted by Gasteiger charge is 2.29. The number of rotatable bonds is 1. The van der Waals surface area contributed by atoms with Crippen molar-refractivity contribution in [3.63, 3.8) is 0 Å². The monoisotopic (exact) mass is 128 g/mol. The maximum absolute atomic E-state index is 10.8. The van der Waals surface area contributed by atoms with Gasteiger partial charge in [-0.3, -0.25) is 4.79 Å². The number of carbonyl (C=O) groups excluding carboxylic acids is 1. The second-order valence-corrected chi connectivity index (χ2v) is 2.59. The van der Waals surface area contributed by atoms with Crippen LogP contribution in [-0.2, 0) is 9.53 Å². The van der Waals surface area contributed by atoms with Gasteiger partial charge in [-0.1, -0.05) is 6.92 Å². The van der Waals surface area contributed by atoms with Gasteiger partial charge in [0.1, 0.15) is 0 Å². The topological polar surface area (TPSA) is 26.3 Å². The molecule has 0 N–H and O–H groups in total. The van der Waals surface area contributed by atoms with Crippen LogP contribution in [0.3, 0.4) is 0 Å². The van der Waals surface area contributed by atoms with E-state index in [-0.39, 0.29) is 18.0 Å². The van der Waals surface area contributed by atoms with E-state index in [1.807, 2.05) is 13.8 Å². The average molecular weight is 128 g/mol. The predicted molar refractivity (Wildman–Crippen MR) is 34.0 cm³/mol. The van der Waals surface area contributed by atoms with Crippen molar-refractivity contribution in [2.75, 3.05) is 0 Å². The van der Waals surface area contributed by atoms with E-state index in [1.54, 1.807) is 0 Å². The van der Waals surface area contributed by atoms with Crippen molar-refractivity contribution in [1.29, 1.82) is 0 Å². The Labute approximate surface area is 55.2 Å². The Bertz CT molecular complexity index is 120. The predicted octanol–water partition coefficient (Wildman–Crippen LogP) is 1.35. The third kappa shape index (κ3) is 1.23. The van der Waals surface area contributed by atoms with Crippen LogP contribution in [0.5, 0.6) is 0 Å². The van der Waals surface area contributed by atoms with Crippen molar-refractivity contribution in [2.45, 2.75) is 32.8 Å². The molecule has 2 nitrogen and oxygen atoms in total. The summed E-state index contributed by atoms with van der Waals surface area (Å²) in [6, 6.07) is 0. The zero-order valence-corrected chi connectivity index (χ0v) is 5.89. The van der Waals surface area contributed by atoms with E-state index in [2.05, 4.69) is 0 Å². The normalized spacial score (nSPS) is 34.7. The molecule has 2 atom stereocenters. The van der Waals surface area contributed by atoms with Crippen molar-refractivity contribution < 1.29 is 9.53 Å². The Morgan fingerprint density at radius 1 is 1.78 bits per heavy atom. The lowest BCUT2D eigenvalue weighted by molar-refractivity contribution is -0.143. The summed E-state index contributed by atoms with van der Waals surface area (Å²) in [7, 11) is 0. The molecule has 0 aromatic heterocycles. The fraction of sp³-hybridized carbons (Fsp3) is 0.857. The molecule has 0 aliphatic carbocycles. The quantitative estimate of drug-likeness (QED) is 0.498. The molecule has 0 unspecified atom stereocenters. The first kappa shape index (κ1) is 6.59. The van der Waals surface area contributed by atoms with E-state index in [9.17, 15) is 4.79 Å². The van der Waals surface area contributed by atoms with Crippen LogP contribution in [0, 0.1) is 5.92 Å². The first-order chi connectivity index (χ1) is 4.24. The molecule has 1 aliphatic rings. The zero-order valence-electron chi connectivity index (χ0n) is 5.89. The van der Waals surface area contributed by atoms with Crippen LogP contribution in [0.4, 0.5) is 0 Å². The van der Waals surface area contributed by atoms with E-state index >= 15 is 0 Å². The molecular formula is C7H12O2. The Balaban J connectivity index is 2.48. The highest BCUT2D eigenvalue weighted by atomic mass is 16.5. The minimum atomic E-state index is -0.00926. The summed E-state index contributed by atoms with van der Waals surface area (Å²) in [6.07, 6.45) is 1.99. The van der Waals surface area contributed by atoms with Gasteiger partial charge in [0.15, 0.2) is 0 Å². The van der Waals surface area contributed by atoms with Gasteiger partial charge in [0.2, 0.25) is 0 Å². The third-order valence-electron chi connectivity index (χ3n) is 1.76. The number of cyclic esters (lactones) is 1. The van der Waals surface area contributed by atoms with E-state index < -0.39 is 0 Å². The molecule has 1 aliphatic heterocycles. The maximum atomic E-state index is 10.8. The molecule has 0 saturated carbocycles. The van der Waals surface area contributed by atoms with Crippen molar-refractivity contribution in [1.82, 2.24) is 0 Å². The van der Waals surface area contributed by atoms with Gasteiger partial charge in [-0.25, -0.2) is 0 Å². The van der Waals surface area contributed by atoms with E-state index in [0.29, 0.717) is 0 Å². The zero-order chi connectivity index (χ0) is 6.85. The lowest BCUT2D eigenvalue weighted by Crippen LogP contribution is -2.05. The average Bonchev–Trinajstić information content (AvgIpc) is 2.10. The van der Waals surface area contributed by atoms with Crippen LogP contribution in [0.2, 0.25) is 0 Å². The summed E-state index contributed by atoms with van der Waals surface area (Å²) >= 11 is 0. The molecule has 0 aromatic carbocycles. The van der Waals surface area contributed by atoms with Gasteiger partial charge in [-0.05, 0) is 19.8 Å². The number of hydrogen-bond acceptors (Lipinski definition) is 2. The Morgan fingerprint density at radius 2 is 2.44 bits per heavy atom. The van der Waals surface area contributed by atoms with E-state index in [4.69, 9.17) is 4.74 Å². The van der Waals surface area contributed by atoms with Crippen LogP contribution >= 0.6 is 0 Å². The van der Waals surface area contributed by atoms with Gasteiger partial charge in [0, 0.05) is 0 Å². The number of hydrogen-bond donors (Lipinski definition) is 0. The van der Waals surface area contributed by atoms with Gasteiger partial charge < -0.3 is 4.74 Å².